The number of fused-ring (bicyclic) bond motifs is 4. The second-order valence-electron chi connectivity index (χ2n) is 9.92. The molecule has 6 aromatic rings. The Kier molecular flexibility index (Phi) is 35.8. The van der Waals surface area contributed by atoms with E-state index in [1.54, 1.807) is 107 Å². The van der Waals surface area contributed by atoms with Crippen LogP contribution in [0, 0.1) is 0 Å². The monoisotopic (exact) mass is 1500 g/mol. The minimum absolute atomic E-state index is 0.793. The van der Waals surface area contributed by atoms with Crippen LogP contribution in [-0.4, -0.2) is 4.57 Å². The van der Waals surface area contributed by atoms with Crippen LogP contribution >= 0.6 is 0 Å². The average Bonchev–Trinajstić information content (AvgIpc) is 3.67. The molecule has 5 aromatic carbocycles. The summed E-state index contributed by atoms with van der Waals surface area (Å²) >= 11 is 9.59. The number of hydrogen-bond acceptors (Lipinski definition) is 3. The van der Waals surface area contributed by atoms with Crippen LogP contribution in [0.15, 0.2) is 109 Å². The molecule has 1 aromatic heterocycles. The first kappa shape index (κ1) is 59.5. The summed E-state index contributed by atoms with van der Waals surface area (Å²) in [5.41, 5.74) is 12.9. The molecule has 0 aliphatic carbocycles. The summed E-state index contributed by atoms with van der Waals surface area (Å²) < 4.78 is 2.38. The van der Waals surface area contributed by atoms with E-state index >= 15 is 0 Å². The normalized spacial score (nSPS) is 9.42. The van der Waals surface area contributed by atoms with Gasteiger partial charge in [0.25, 0.3) is 0 Å². The van der Waals surface area contributed by atoms with Gasteiger partial charge in [0.1, 0.15) is 0 Å². The molecule has 0 aliphatic rings. The van der Waals surface area contributed by atoms with Crippen LogP contribution in [0.5, 0.6) is 0 Å². The predicted molar refractivity (Wildman–Crippen MR) is 386 cm³/mol. The fourth-order valence-corrected chi connectivity index (χ4v) is 90.0. The topological polar surface area (TPSA) is 30.9 Å². The van der Waals surface area contributed by atoms with Crippen LogP contribution in [0.4, 0.5) is 5.69 Å². The quantitative estimate of drug-likeness (QED) is 0.188. The molecule has 0 radical (unpaired) electrons. The Morgan fingerprint density at radius 3 is 1.00 bits per heavy atom. The van der Waals surface area contributed by atoms with Crippen LogP contribution < -0.4 is 5.73 Å². The third-order valence-electron chi connectivity index (χ3n) is 6.82. The summed E-state index contributed by atoms with van der Waals surface area (Å²) in [5.74, 6) is 0. The van der Waals surface area contributed by atoms with Gasteiger partial charge in [-0.2, -0.15) is 0 Å². The maximum atomic E-state index is 6.34. The summed E-state index contributed by atoms with van der Waals surface area (Å²) in [7, 11) is 58.2. The van der Waals surface area contributed by atoms with Gasteiger partial charge in [-0.05, 0) is 41.3 Å². The molecule has 352 valence electrons. The Morgan fingerprint density at radius 1 is 0.323 bits per heavy atom. The zero-order valence-corrected chi connectivity index (χ0v) is 59.3. The largest absolute Gasteiger partial charge is 0.398 e. The van der Waals surface area contributed by atoms with Crippen LogP contribution in [0.1, 0.15) is 0 Å². The van der Waals surface area contributed by atoms with Crippen LogP contribution in [0.25, 0.3) is 49.4 Å². The molecule has 37 heteroatoms. The van der Waals surface area contributed by atoms with Crippen molar-refractivity contribution in [2.75, 3.05) is 5.73 Å². The molecule has 0 saturated heterocycles. The standard InChI is InChI=1S/C28H20N2.S35/c29-25-14-6-3-10-21(25)20-17-19-9-1-2-11-22(19)28(18-20)30-26-15-7-4-12-23(26)24-13-5-8-16-27(24)30;1-3-5-7-9-11-13-15-17-19-21-23-25-27-29-31-33-35-34-32-30-28-26-24-22-20-18-16-14-12-10-8-6-4-2/h1-18H,29H2;. The first-order valence-electron chi connectivity index (χ1n) is 15.8. The van der Waals surface area contributed by atoms with Crippen LogP contribution in [0.3, 0.4) is 0 Å². The van der Waals surface area contributed by atoms with Crippen molar-refractivity contribution >= 4 is 354 Å². The first-order chi connectivity index (χ1) is 32.2. The molecule has 0 atom stereocenters. The highest BCUT2D eigenvalue weighted by Gasteiger charge is 2.15. The number of nitrogens with two attached hydrogens (primary N) is 1. The number of anilines is 1. The Hall–Kier alpha value is 3.66. The molecule has 6 rings (SSSR count). The van der Waals surface area contributed by atoms with Crippen LogP contribution in [-0.2, 0) is 315 Å². The third kappa shape index (κ3) is 23.4. The zero-order chi connectivity index (χ0) is 45.4. The van der Waals surface area contributed by atoms with E-state index in [4.69, 9.17) is 28.1 Å². The Balaban J connectivity index is 0.000000245. The molecular weight excluding hydrogens is 1490 g/mol. The fourth-order valence-electron chi connectivity index (χ4n) is 4.92. The zero-order valence-electron chi connectivity index (χ0n) is 30.7. The SMILES string of the molecule is Nc1ccccc1-c1cc(-n2c3ccccc3c3ccccc32)c2ccccc2c1.S=S=S=S=S=S=S=S=S=S=S=S=S=S=S=S=S=S=S=S=S=S=S=S=S=S=S=S=S=S=S=S=S=S=S. The van der Waals surface area contributed by atoms with Gasteiger partial charge in [0.15, 0.2) is 0 Å². The van der Waals surface area contributed by atoms with Gasteiger partial charge in [-0.3, -0.25) is 0 Å². The molecule has 0 saturated carbocycles. The van der Waals surface area contributed by atoms with E-state index in [-0.39, 0.29) is 0 Å². The van der Waals surface area contributed by atoms with E-state index in [0.29, 0.717) is 0 Å². The van der Waals surface area contributed by atoms with Crippen molar-refractivity contribution in [1.82, 2.24) is 4.57 Å². The number of benzene rings is 5. The molecule has 0 unspecified atom stereocenters. The number of rotatable bonds is 2. The number of nitrogen functional groups attached to an aromatic ring is 1. The van der Waals surface area contributed by atoms with Crippen molar-refractivity contribution in [2.24, 2.45) is 0 Å². The van der Waals surface area contributed by atoms with Gasteiger partial charge >= 0.3 is 0 Å². The van der Waals surface area contributed by atoms with Crippen molar-refractivity contribution < 1.29 is 0 Å². The van der Waals surface area contributed by atoms with Gasteiger partial charge in [0.05, 0.1) is 16.7 Å². The number of hydrogen-bond donors (Lipinski definition) is 1. The van der Waals surface area contributed by atoms with E-state index in [2.05, 4.69) is 95.6 Å². The lowest BCUT2D eigenvalue weighted by atomic mass is 9.98. The summed E-state index contributed by atoms with van der Waals surface area (Å²) in [6.45, 7) is 0. The number of nitrogens with zero attached hydrogens (tertiary/aromatic N) is 1. The Morgan fingerprint density at radius 2 is 0.631 bits per heavy atom. The molecule has 0 fully saturated rings. The number of para-hydroxylation sites is 3. The minimum atomic E-state index is 0.793. The molecule has 2 N–H and O–H groups in total. The van der Waals surface area contributed by atoms with Gasteiger partial charge < -0.3 is 10.3 Å². The summed E-state index contributed by atoms with van der Waals surface area (Å²) in [6, 6.07) is 38.4. The molecule has 0 bridgehead atoms. The predicted octanol–water partition coefficient (Wildman–Crippen LogP) is 7.10. The fraction of sp³-hybridized carbons (Fsp3) is 0. The van der Waals surface area contributed by atoms with Gasteiger partial charge in [-0.25, -0.2) is 0 Å². The van der Waals surface area contributed by atoms with Crippen molar-refractivity contribution in [2.45, 2.75) is 0 Å². The van der Waals surface area contributed by atoms with Gasteiger partial charge in [0, 0.05) is 343 Å². The molecule has 1 heterocycles. The maximum Gasteiger partial charge on any atom is 0.0546 e. The molecule has 0 aliphatic heterocycles. The lowest BCUT2D eigenvalue weighted by Gasteiger charge is -2.15. The Bertz CT molecular complexity index is 4150. The average molecular weight is 1510 g/mol. The second kappa shape index (κ2) is 39.1. The van der Waals surface area contributed by atoms with Gasteiger partial charge in [-0.1, -0.05) is 78.9 Å². The van der Waals surface area contributed by atoms with Gasteiger partial charge in [0.2, 0.25) is 0 Å². The smallest absolute Gasteiger partial charge is 0.0546 e. The summed E-state index contributed by atoms with van der Waals surface area (Å²) in [5, 5.41) is 4.96. The second-order valence-corrected chi connectivity index (χ2v) is 68.3. The van der Waals surface area contributed by atoms with E-state index in [1.807, 2.05) is 187 Å². The highest BCUT2D eigenvalue weighted by molar-refractivity contribution is 8.80. The van der Waals surface area contributed by atoms with Crippen molar-refractivity contribution in [3.8, 4) is 16.8 Å². The molecule has 0 amide bonds. The highest BCUT2D eigenvalue weighted by atomic mass is 33.5. The Labute approximate surface area is 479 Å². The van der Waals surface area contributed by atoms with Crippen molar-refractivity contribution in [1.29, 1.82) is 0 Å². The van der Waals surface area contributed by atoms with Gasteiger partial charge in [-0.15, -0.1) is 0 Å². The van der Waals surface area contributed by atoms with E-state index in [0.717, 1.165) is 16.8 Å². The number of aromatic nitrogens is 1. The van der Waals surface area contributed by atoms with Crippen molar-refractivity contribution in [3.05, 3.63) is 109 Å². The molecule has 0 spiro atoms. The van der Waals surface area contributed by atoms with E-state index in [1.165, 1.54) is 56.0 Å². The van der Waals surface area contributed by atoms with Crippen LogP contribution in [0.2, 0.25) is 0 Å². The molecule has 65 heavy (non-hydrogen) atoms. The minimum Gasteiger partial charge on any atom is -0.398 e. The van der Waals surface area contributed by atoms with Crippen molar-refractivity contribution in [3.63, 3.8) is 0 Å². The van der Waals surface area contributed by atoms with E-state index in [9.17, 15) is 0 Å². The lowest BCUT2D eigenvalue weighted by Crippen LogP contribution is -1.97. The lowest BCUT2D eigenvalue weighted by molar-refractivity contribution is 1.20. The summed E-state index contributed by atoms with van der Waals surface area (Å²) in [4.78, 5) is 0. The molecule has 2 nitrogen and oxygen atoms in total. The molecular formula is C28H20N2S35. The first-order valence-corrected chi connectivity index (χ1v) is 61.2. The highest BCUT2D eigenvalue weighted by Crippen LogP contribution is 2.37. The summed E-state index contributed by atoms with van der Waals surface area (Å²) in [6.07, 6.45) is 0. The van der Waals surface area contributed by atoms with E-state index < -0.39 is 0 Å². The third-order valence-corrected chi connectivity index (χ3v) is 77.9. The maximum absolute atomic E-state index is 6.34.